The molecule has 0 saturated carbocycles. The standard InChI is InChI=1S/C41H52N6O5S/c1-5-32(44-40(51)52-41(2,3)4)36(48)46-35-30(26-43-39(53)42-25-27-15-9-6-10-16-27)21-22-31-23-24-33(47(31)38(35)50)37(49)45-34(28-17-11-7-12-18-28)29-19-13-8-14-20-29/h6-20,30-35H,5,21-26H2,1-4H3,(H,44,51)(H,45,49)(H,46,48)(H2,42,43,53)/t30-,31+,32+,33+,35+/m1/s1. The number of hydrogen-bond acceptors (Lipinski definition) is 6. The van der Waals surface area contributed by atoms with E-state index in [0.717, 1.165) is 16.7 Å². The minimum atomic E-state index is -0.973. The quantitative estimate of drug-likeness (QED) is 0.162. The van der Waals surface area contributed by atoms with Gasteiger partial charge < -0.3 is 36.2 Å². The van der Waals surface area contributed by atoms with Gasteiger partial charge in [0.05, 0.1) is 6.04 Å². The third-order valence-corrected chi connectivity index (χ3v) is 10.0. The van der Waals surface area contributed by atoms with Gasteiger partial charge in [-0.15, -0.1) is 0 Å². The minimum absolute atomic E-state index is 0.167. The molecule has 2 aliphatic heterocycles. The molecule has 53 heavy (non-hydrogen) atoms. The van der Waals surface area contributed by atoms with Crippen LogP contribution < -0.4 is 26.6 Å². The zero-order valence-electron chi connectivity index (χ0n) is 31.0. The Balaban J connectivity index is 1.36. The summed E-state index contributed by atoms with van der Waals surface area (Å²) >= 11 is 5.60. The summed E-state index contributed by atoms with van der Waals surface area (Å²) < 4.78 is 5.40. The number of hydrogen-bond donors (Lipinski definition) is 5. The third-order valence-electron chi connectivity index (χ3n) is 9.75. The van der Waals surface area contributed by atoms with Gasteiger partial charge in [-0.2, -0.15) is 0 Å². The minimum Gasteiger partial charge on any atom is -0.444 e. The monoisotopic (exact) mass is 740 g/mol. The topological polar surface area (TPSA) is 141 Å². The van der Waals surface area contributed by atoms with E-state index >= 15 is 0 Å². The molecule has 12 heteroatoms. The van der Waals surface area contributed by atoms with E-state index in [1.165, 1.54) is 0 Å². The lowest BCUT2D eigenvalue weighted by Gasteiger charge is -2.33. The zero-order chi connectivity index (χ0) is 38.0. The molecule has 5 rings (SSSR count). The highest BCUT2D eigenvalue weighted by Crippen LogP contribution is 2.35. The molecule has 2 aliphatic rings. The van der Waals surface area contributed by atoms with Crippen molar-refractivity contribution in [2.45, 2.75) is 102 Å². The molecule has 2 heterocycles. The molecule has 2 saturated heterocycles. The number of ether oxygens (including phenoxy) is 1. The summed E-state index contributed by atoms with van der Waals surface area (Å²) in [5.41, 5.74) is 2.18. The molecule has 2 fully saturated rings. The number of alkyl carbamates (subject to hydrolysis) is 1. The van der Waals surface area contributed by atoms with Crippen LogP contribution in [0.2, 0.25) is 0 Å². The number of carbonyl (C=O) groups excluding carboxylic acids is 4. The Hall–Kier alpha value is -4.97. The van der Waals surface area contributed by atoms with Crippen LogP contribution in [0.4, 0.5) is 4.79 Å². The van der Waals surface area contributed by atoms with Gasteiger partial charge >= 0.3 is 6.09 Å². The molecule has 0 radical (unpaired) electrons. The highest BCUT2D eigenvalue weighted by molar-refractivity contribution is 7.80. The normalized spacial score (nSPS) is 20.4. The van der Waals surface area contributed by atoms with E-state index in [9.17, 15) is 19.2 Å². The molecule has 0 spiro atoms. The predicted octanol–water partition coefficient (Wildman–Crippen LogP) is 5.11. The van der Waals surface area contributed by atoms with E-state index in [2.05, 4.69) is 26.6 Å². The average molecular weight is 741 g/mol. The fraction of sp³-hybridized carbons (Fsp3) is 0.439. The smallest absolute Gasteiger partial charge is 0.408 e. The fourth-order valence-electron chi connectivity index (χ4n) is 7.10. The molecule has 0 bridgehead atoms. The Labute approximate surface area is 318 Å². The lowest BCUT2D eigenvalue weighted by molar-refractivity contribution is -0.143. The molecule has 5 N–H and O–H groups in total. The van der Waals surface area contributed by atoms with Crippen LogP contribution in [0.1, 0.15) is 82.5 Å². The summed E-state index contributed by atoms with van der Waals surface area (Å²) in [5, 5.41) is 15.8. The van der Waals surface area contributed by atoms with E-state index in [-0.39, 0.29) is 30.2 Å². The Morgan fingerprint density at radius 1 is 0.830 bits per heavy atom. The van der Waals surface area contributed by atoms with Crippen LogP contribution in [0.25, 0.3) is 0 Å². The third kappa shape index (κ3) is 10.8. The van der Waals surface area contributed by atoms with Crippen molar-refractivity contribution in [2.75, 3.05) is 6.54 Å². The molecule has 5 atom stereocenters. The summed E-state index contributed by atoms with van der Waals surface area (Å²) in [4.78, 5) is 57.1. The van der Waals surface area contributed by atoms with E-state index in [1.54, 1.807) is 32.6 Å². The number of thiocarbonyl (C=S) groups is 1. The second kappa shape index (κ2) is 18.2. The molecule has 0 unspecified atom stereocenters. The first kappa shape index (κ1) is 39.2. The second-order valence-electron chi connectivity index (χ2n) is 14.7. The van der Waals surface area contributed by atoms with Crippen molar-refractivity contribution in [3.63, 3.8) is 0 Å². The lowest BCUT2D eigenvalue weighted by atomic mass is 9.92. The molecule has 282 valence electrons. The number of nitrogens with zero attached hydrogens (tertiary/aromatic N) is 1. The predicted molar refractivity (Wildman–Crippen MR) is 209 cm³/mol. The van der Waals surface area contributed by atoms with Crippen LogP contribution in [0.15, 0.2) is 91.0 Å². The first-order chi connectivity index (χ1) is 25.4. The van der Waals surface area contributed by atoms with Crippen LogP contribution >= 0.6 is 12.2 Å². The van der Waals surface area contributed by atoms with Gasteiger partial charge in [-0.05, 0) is 81.8 Å². The van der Waals surface area contributed by atoms with Gasteiger partial charge in [-0.3, -0.25) is 14.4 Å². The maximum atomic E-state index is 14.7. The molecule has 11 nitrogen and oxygen atoms in total. The number of amides is 4. The summed E-state index contributed by atoms with van der Waals surface area (Å²) in [6.07, 6.45) is 2.00. The Morgan fingerprint density at radius 2 is 1.42 bits per heavy atom. The van der Waals surface area contributed by atoms with E-state index < -0.39 is 41.8 Å². The first-order valence-electron chi connectivity index (χ1n) is 18.5. The van der Waals surface area contributed by atoms with Gasteiger partial charge in [0.1, 0.15) is 23.7 Å². The van der Waals surface area contributed by atoms with Crippen molar-refractivity contribution in [2.24, 2.45) is 5.92 Å². The van der Waals surface area contributed by atoms with Crippen molar-refractivity contribution < 1.29 is 23.9 Å². The van der Waals surface area contributed by atoms with Crippen molar-refractivity contribution in [3.8, 4) is 0 Å². The molecule has 3 aromatic carbocycles. The maximum absolute atomic E-state index is 14.7. The first-order valence-corrected chi connectivity index (χ1v) is 18.9. The van der Waals surface area contributed by atoms with Crippen LogP contribution in [-0.4, -0.2) is 70.1 Å². The molecule has 3 aromatic rings. The van der Waals surface area contributed by atoms with Crippen LogP contribution in [-0.2, 0) is 25.7 Å². The SMILES string of the molecule is CC[C@H](NC(=O)OC(C)(C)C)C(=O)N[C@@H]1C(=O)N2[C@@H](CC[C@@H]1CNC(=S)NCc1ccccc1)CC[C@H]2C(=O)NC(c1ccccc1)c1ccccc1. The number of nitrogens with one attached hydrogen (secondary N) is 5. The number of carbonyl (C=O) groups is 4. The van der Waals surface area contributed by atoms with Gasteiger partial charge in [0, 0.05) is 25.0 Å². The fourth-order valence-corrected chi connectivity index (χ4v) is 7.26. The van der Waals surface area contributed by atoms with Crippen molar-refractivity contribution in [1.29, 1.82) is 0 Å². The van der Waals surface area contributed by atoms with Gasteiger partial charge in [-0.1, -0.05) is 97.9 Å². The molecule has 0 aliphatic carbocycles. The van der Waals surface area contributed by atoms with Gasteiger partial charge in [0.15, 0.2) is 5.11 Å². The van der Waals surface area contributed by atoms with Gasteiger partial charge in [0.2, 0.25) is 17.7 Å². The number of rotatable bonds is 12. The molecular formula is C41H52N6O5S. The molecular weight excluding hydrogens is 689 g/mol. The Morgan fingerprint density at radius 3 is 2.00 bits per heavy atom. The van der Waals surface area contributed by atoms with Crippen molar-refractivity contribution in [3.05, 3.63) is 108 Å². The van der Waals surface area contributed by atoms with Crippen LogP contribution in [0.3, 0.4) is 0 Å². The summed E-state index contributed by atoms with van der Waals surface area (Å²) in [7, 11) is 0. The Bertz CT molecular complexity index is 1660. The highest BCUT2D eigenvalue weighted by atomic mass is 32.1. The van der Waals surface area contributed by atoms with Gasteiger partial charge in [0.25, 0.3) is 0 Å². The van der Waals surface area contributed by atoms with Gasteiger partial charge in [-0.25, -0.2) is 4.79 Å². The van der Waals surface area contributed by atoms with E-state index in [4.69, 9.17) is 17.0 Å². The highest BCUT2D eigenvalue weighted by Gasteiger charge is 2.48. The maximum Gasteiger partial charge on any atom is 0.408 e. The Kier molecular flexibility index (Phi) is 13.5. The van der Waals surface area contributed by atoms with Crippen molar-refractivity contribution in [1.82, 2.24) is 31.5 Å². The summed E-state index contributed by atoms with van der Waals surface area (Å²) in [5.74, 6) is -1.42. The number of fused-ring (bicyclic) bond motifs is 1. The zero-order valence-corrected chi connectivity index (χ0v) is 31.8. The van der Waals surface area contributed by atoms with E-state index in [0.29, 0.717) is 43.9 Å². The van der Waals surface area contributed by atoms with Crippen LogP contribution in [0, 0.1) is 5.92 Å². The average Bonchev–Trinajstić information content (AvgIpc) is 3.53. The summed E-state index contributed by atoms with van der Waals surface area (Å²) in [6.45, 7) is 7.86. The van der Waals surface area contributed by atoms with Crippen LogP contribution in [0.5, 0.6) is 0 Å². The lowest BCUT2D eigenvalue weighted by Crippen LogP contribution is -2.60. The molecule has 0 aromatic heterocycles. The van der Waals surface area contributed by atoms with E-state index in [1.807, 2.05) is 91.0 Å². The van der Waals surface area contributed by atoms with Crippen molar-refractivity contribution >= 4 is 41.1 Å². The molecule has 4 amide bonds. The largest absolute Gasteiger partial charge is 0.444 e. The summed E-state index contributed by atoms with van der Waals surface area (Å²) in [6, 6.07) is 26.2. The second-order valence-corrected chi connectivity index (χ2v) is 15.1. The number of benzene rings is 3.